The van der Waals surface area contributed by atoms with Crippen molar-refractivity contribution in [2.75, 3.05) is 0 Å². The molecular formula is C14H25NO4S. The number of carbonyl (C=O) groups is 1. The number of hydrogen-bond donors (Lipinski definition) is 2. The molecule has 0 atom stereocenters. The maximum Gasteiger partial charge on any atom is 0.324 e. The Morgan fingerprint density at radius 1 is 1.10 bits per heavy atom. The largest absolute Gasteiger partial charge is 0.480 e. The Balaban J connectivity index is 2.13. The second-order valence-corrected chi connectivity index (χ2v) is 8.44. The monoisotopic (exact) mass is 303 g/mol. The summed E-state index contributed by atoms with van der Waals surface area (Å²) in [5.41, 5.74) is -1.28. The zero-order valence-corrected chi connectivity index (χ0v) is 12.9. The third-order valence-electron chi connectivity index (χ3n) is 4.87. The standard InChI is InChI=1S/C14H25NO4S/c1-11-7-9-14(10-8-11,13(16)17)15-20(18,19)12-5-3-2-4-6-12/h11-12,15H,2-10H2,1H3,(H,16,17). The average Bonchev–Trinajstić information content (AvgIpc) is 2.42. The van der Waals surface area contributed by atoms with E-state index in [0.717, 1.165) is 32.1 Å². The second-order valence-electron chi connectivity index (χ2n) is 6.48. The van der Waals surface area contributed by atoms with E-state index in [4.69, 9.17) is 0 Å². The van der Waals surface area contributed by atoms with Gasteiger partial charge >= 0.3 is 5.97 Å². The van der Waals surface area contributed by atoms with Gasteiger partial charge in [0.2, 0.25) is 10.0 Å². The van der Waals surface area contributed by atoms with Gasteiger partial charge in [0.25, 0.3) is 0 Å². The van der Waals surface area contributed by atoms with Gasteiger partial charge in [-0.3, -0.25) is 4.79 Å². The number of hydrogen-bond acceptors (Lipinski definition) is 3. The van der Waals surface area contributed by atoms with Crippen molar-refractivity contribution < 1.29 is 18.3 Å². The highest BCUT2D eigenvalue weighted by Crippen LogP contribution is 2.34. The highest BCUT2D eigenvalue weighted by atomic mass is 32.2. The molecule has 0 heterocycles. The Bertz CT molecular complexity index is 446. The van der Waals surface area contributed by atoms with Crippen molar-refractivity contribution >= 4 is 16.0 Å². The van der Waals surface area contributed by atoms with Crippen molar-refractivity contribution in [3.05, 3.63) is 0 Å². The minimum absolute atomic E-state index is 0.398. The Kier molecular flexibility index (Phi) is 4.74. The van der Waals surface area contributed by atoms with E-state index >= 15 is 0 Å². The van der Waals surface area contributed by atoms with Crippen LogP contribution in [-0.2, 0) is 14.8 Å². The zero-order valence-electron chi connectivity index (χ0n) is 12.1. The van der Waals surface area contributed by atoms with E-state index in [9.17, 15) is 18.3 Å². The first-order valence-electron chi connectivity index (χ1n) is 7.62. The minimum atomic E-state index is -3.53. The van der Waals surface area contributed by atoms with Crippen molar-refractivity contribution in [1.29, 1.82) is 0 Å². The van der Waals surface area contributed by atoms with Gasteiger partial charge in [0.05, 0.1) is 5.25 Å². The Morgan fingerprint density at radius 3 is 2.15 bits per heavy atom. The Morgan fingerprint density at radius 2 is 1.65 bits per heavy atom. The SMILES string of the molecule is CC1CCC(NS(=O)(=O)C2CCCCC2)(C(=O)O)CC1. The smallest absolute Gasteiger partial charge is 0.324 e. The molecule has 0 aromatic rings. The molecule has 2 saturated carbocycles. The van der Waals surface area contributed by atoms with Crippen LogP contribution < -0.4 is 4.72 Å². The topological polar surface area (TPSA) is 83.5 Å². The molecule has 20 heavy (non-hydrogen) atoms. The number of aliphatic carboxylic acids is 1. The summed E-state index contributed by atoms with van der Waals surface area (Å²) in [6, 6.07) is 0. The fourth-order valence-electron chi connectivity index (χ4n) is 3.35. The molecule has 2 N–H and O–H groups in total. The van der Waals surface area contributed by atoms with E-state index in [1.54, 1.807) is 0 Å². The van der Waals surface area contributed by atoms with Crippen molar-refractivity contribution in [2.24, 2.45) is 5.92 Å². The van der Waals surface area contributed by atoms with Crippen LogP contribution in [0.1, 0.15) is 64.7 Å². The summed E-state index contributed by atoms with van der Waals surface area (Å²) in [5.74, 6) is -0.551. The van der Waals surface area contributed by atoms with E-state index in [2.05, 4.69) is 11.6 Å². The number of nitrogens with one attached hydrogen (secondary N) is 1. The molecule has 0 saturated heterocycles. The molecule has 116 valence electrons. The van der Waals surface area contributed by atoms with Gasteiger partial charge in [-0.25, -0.2) is 8.42 Å². The lowest BCUT2D eigenvalue weighted by Gasteiger charge is -2.37. The van der Waals surface area contributed by atoms with Crippen LogP contribution in [0.3, 0.4) is 0 Å². The van der Waals surface area contributed by atoms with Gasteiger partial charge in [0.1, 0.15) is 5.54 Å². The van der Waals surface area contributed by atoms with Gasteiger partial charge in [-0.1, -0.05) is 26.2 Å². The number of sulfonamides is 1. The molecular weight excluding hydrogens is 278 g/mol. The fourth-order valence-corrected chi connectivity index (χ4v) is 5.30. The van der Waals surface area contributed by atoms with Gasteiger partial charge in [-0.05, 0) is 44.4 Å². The normalized spacial score (nSPS) is 33.0. The summed E-state index contributed by atoms with van der Waals surface area (Å²) in [6.07, 6.45) is 6.55. The lowest BCUT2D eigenvalue weighted by molar-refractivity contribution is -0.145. The number of carboxylic acid groups (broad SMARTS) is 1. The van der Waals surface area contributed by atoms with E-state index in [1.807, 2.05) is 0 Å². The molecule has 5 nitrogen and oxygen atoms in total. The molecule has 2 rings (SSSR count). The summed E-state index contributed by atoms with van der Waals surface area (Å²) >= 11 is 0. The second kappa shape index (κ2) is 6.02. The van der Waals surface area contributed by atoms with E-state index in [0.29, 0.717) is 31.6 Å². The first kappa shape index (κ1) is 15.8. The van der Waals surface area contributed by atoms with Gasteiger partial charge in [0, 0.05) is 0 Å². The molecule has 0 unspecified atom stereocenters. The maximum atomic E-state index is 12.5. The summed E-state index contributed by atoms with van der Waals surface area (Å²) in [4.78, 5) is 11.6. The average molecular weight is 303 g/mol. The highest BCUT2D eigenvalue weighted by Gasteiger charge is 2.45. The molecule has 2 aliphatic rings. The number of rotatable bonds is 4. The number of carboxylic acids is 1. The van der Waals surface area contributed by atoms with Gasteiger partial charge < -0.3 is 5.11 Å². The van der Waals surface area contributed by atoms with Crippen LogP contribution in [0.25, 0.3) is 0 Å². The predicted octanol–water partition coefficient (Wildman–Crippen LogP) is 2.27. The van der Waals surface area contributed by atoms with Crippen molar-refractivity contribution in [3.63, 3.8) is 0 Å². The fraction of sp³-hybridized carbons (Fsp3) is 0.929. The van der Waals surface area contributed by atoms with Gasteiger partial charge in [-0.15, -0.1) is 0 Å². The molecule has 0 aromatic heterocycles. The third-order valence-corrected chi connectivity index (χ3v) is 6.89. The molecule has 2 fully saturated rings. The van der Waals surface area contributed by atoms with Crippen LogP contribution in [0.2, 0.25) is 0 Å². The molecule has 0 aliphatic heterocycles. The maximum absolute atomic E-state index is 12.5. The zero-order chi connectivity index (χ0) is 14.8. The predicted molar refractivity (Wildman–Crippen MR) is 76.9 cm³/mol. The minimum Gasteiger partial charge on any atom is -0.480 e. The quantitative estimate of drug-likeness (QED) is 0.834. The van der Waals surface area contributed by atoms with E-state index in [1.165, 1.54) is 0 Å². The van der Waals surface area contributed by atoms with Crippen LogP contribution in [0.4, 0.5) is 0 Å². The van der Waals surface area contributed by atoms with Crippen LogP contribution in [0, 0.1) is 5.92 Å². The highest BCUT2D eigenvalue weighted by molar-refractivity contribution is 7.90. The van der Waals surface area contributed by atoms with E-state index in [-0.39, 0.29) is 0 Å². The van der Waals surface area contributed by atoms with Crippen molar-refractivity contribution in [2.45, 2.75) is 75.5 Å². The molecule has 0 spiro atoms. The summed E-state index contributed by atoms with van der Waals surface area (Å²) in [6.45, 7) is 2.08. The molecule has 0 bridgehead atoms. The Hall–Kier alpha value is -0.620. The lowest BCUT2D eigenvalue weighted by Crippen LogP contribution is -2.58. The molecule has 6 heteroatoms. The van der Waals surface area contributed by atoms with Crippen molar-refractivity contribution in [3.8, 4) is 0 Å². The van der Waals surface area contributed by atoms with E-state index < -0.39 is 26.8 Å². The third kappa shape index (κ3) is 3.34. The van der Waals surface area contributed by atoms with Crippen molar-refractivity contribution in [1.82, 2.24) is 4.72 Å². The van der Waals surface area contributed by atoms with Crippen LogP contribution in [-0.4, -0.2) is 30.3 Å². The van der Waals surface area contributed by atoms with Crippen LogP contribution >= 0.6 is 0 Å². The molecule has 0 amide bonds. The van der Waals surface area contributed by atoms with Crippen LogP contribution in [0.15, 0.2) is 0 Å². The summed E-state index contributed by atoms with van der Waals surface area (Å²) < 4.78 is 27.5. The first-order chi connectivity index (χ1) is 9.36. The van der Waals surface area contributed by atoms with Gasteiger partial charge in [-0.2, -0.15) is 4.72 Å². The molecule has 0 aromatic carbocycles. The first-order valence-corrected chi connectivity index (χ1v) is 9.16. The lowest BCUT2D eigenvalue weighted by atomic mass is 9.78. The molecule has 2 aliphatic carbocycles. The summed E-state index contributed by atoms with van der Waals surface area (Å²) in [7, 11) is -3.53. The Labute approximate surface area is 121 Å². The van der Waals surface area contributed by atoms with Gasteiger partial charge in [0.15, 0.2) is 0 Å². The molecule has 0 radical (unpaired) electrons. The van der Waals surface area contributed by atoms with Crippen LogP contribution in [0.5, 0.6) is 0 Å². The summed E-state index contributed by atoms with van der Waals surface area (Å²) in [5, 5.41) is 9.10.